The first kappa shape index (κ1) is 21.2. The fraction of sp³-hybridized carbons (Fsp3) is 0.208. The number of carbonyl (C=O) groups is 1. The lowest BCUT2D eigenvalue weighted by Gasteiger charge is -2.21. The van der Waals surface area contributed by atoms with Crippen LogP contribution in [0.1, 0.15) is 17.7 Å². The van der Waals surface area contributed by atoms with E-state index in [9.17, 15) is 9.90 Å². The molecule has 1 fully saturated rings. The first-order chi connectivity index (χ1) is 16.0. The van der Waals surface area contributed by atoms with E-state index < -0.39 is 5.60 Å². The lowest BCUT2D eigenvalue weighted by atomic mass is 9.91. The SMILES string of the molecule is CN1CC[C@@](O)(c2cccc(-c3nc(-c4ccnc(NCc5ccccn5)n4)cs3)c2)C1=O. The van der Waals surface area contributed by atoms with E-state index in [1.165, 1.54) is 11.3 Å². The summed E-state index contributed by atoms with van der Waals surface area (Å²) in [6.45, 7) is 1.06. The Morgan fingerprint density at radius 3 is 2.79 bits per heavy atom. The molecule has 0 aliphatic carbocycles. The first-order valence-corrected chi connectivity index (χ1v) is 11.4. The number of anilines is 1. The minimum absolute atomic E-state index is 0.272. The maximum Gasteiger partial charge on any atom is 0.258 e. The molecule has 1 aliphatic heterocycles. The topological polar surface area (TPSA) is 104 Å². The van der Waals surface area contributed by atoms with Crippen LogP contribution in [0.5, 0.6) is 0 Å². The van der Waals surface area contributed by atoms with Gasteiger partial charge in [-0.25, -0.2) is 15.0 Å². The van der Waals surface area contributed by atoms with E-state index in [1.807, 2.05) is 47.8 Å². The lowest BCUT2D eigenvalue weighted by Crippen LogP contribution is -2.36. The predicted octanol–water partition coefficient (Wildman–Crippen LogP) is 3.32. The molecule has 166 valence electrons. The number of aromatic nitrogens is 4. The quantitative estimate of drug-likeness (QED) is 0.457. The lowest BCUT2D eigenvalue weighted by molar-refractivity contribution is -0.143. The maximum absolute atomic E-state index is 12.5. The molecule has 3 aromatic heterocycles. The summed E-state index contributed by atoms with van der Waals surface area (Å²) in [5.41, 5.74) is 2.30. The third-order valence-corrected chi connectivity index (χ3v) is 6.56. The molecule has 1 atom stereocenters. The molecule has 1 saturated heterocycles. The zero-order chi connectivity index (χ0) is 22.8. The standard InChI is InChI=1S/C24H22N6O2S/c1-30-12-9-24(32,22(30)31)17-6-4-5-16(13-17)21-28-20(15-33-21)19-8-11-26-23(29-19)27-14-18-7-2-3-10-25-18/h2-8,10-11,13,15,32H,9,12,14H2,1H3,(H,26,27,29)/t24-/m1/s1. The molecule has 1 amide bonds. The van der Waals surface area contributed by atoms with Gasteiger partial charge >= 0.3 is 0 Å². The molecule has 0 bridgehead atoms. The van der Waals surface area contributed by atoms with Crippen LogP contribution >= 0.6 is 11.3 Å². The van der Waals surface area contributed by atoms with Gasteiger partial charge in [-0.2, -0.15) is 0 Å². The minimum atomic E-state index is -1.48. The van der Waals surface area contributed by atoms with E-state index in [2.05, 4.69) is 20.3 Å². The van der Waals surface area contributed by atoms with Crippen molar-refractivity contribution in [1.29, 1.82) is 0 Å². The summed E-state index contributed by atoms with van der Waals surface area (Å²) >= 11 is 1.49. The molecule has 0 spiro atoms. The molecule has 1 aliphatic rings. The Morgan fingerprint density at radius 2 is 2.00 bits per heavy atom. The van der Waals surface area contributed by atoms with Crippen LogP contribution in [0, 0.1) is 0 Å². The van der Waals surface area contributed by atoms with Gasteiger partial charge in [0.05, 0.1) is 17.9 Å². The number of carbonyl (C=O) groups excluding carboxylic acids is 1. The van der Waals surface area contributed by atoms with Gasteiger partial charge in [-0.05, 0) is 29.8 Å². The van der Waals surface area contributed by atoms with E-state index in [4.69, 9.17) is 4.98 Å². The van der Waals surface area contributed by atoms with Crippen LogP contribution in [-0.2, 0) is 16.9 Å². The smallest absolute Gasteiger partial charge is 0.258 e. The highest BCUT2D eigenvalue weighted by Crippen LogP contribution is 2.36. The molecule has 8 nitrogen and oxygen atoms in total. The number of amides is 1. The van der Waals surface area contributed by atoms with Gasteiger partial charge in [0.2, 0.25) is 5.95 Å². The fourth-order valence-corrected chi connectivity index (χ4v) is 4.62. The van der Waals surface area contributed by atoms with Gasteiger partial charge in [0.1, 0.15) is 10.7 Å². The van der Waals surface area contributed by atoms with E-state index in [-0.39, 0.29) is 5.91 Å². The second-order valence-corrected chi connectivity index (χ2v) is 8.75. The van der Waals surface area contributed by atoms with Crippen LogP contribution in [0.25, 0.3) is 22.0 Å². The molecule has 0 unspecified atom stereocenters. The van der Waals surface area contributed by atoms with Crippen molar-refractivity contribution in [1.82, 2.24) is 24.8 Å². The second-order valence-electron chi connectivity index (χ2n) is 7.90. The average Bonchev–Trinajstić information content (AvgIpc) is 3.46. The molecule has 4 heterocycles. The molecular formula is C24H22N6O2S. The average molecular weight is 459 g/mol. The Kier molecular flexibility index (Phi) is 5.57. The number of benzene rings is 1. The van der Waals surface area contributed by atoms with E-state index in [0.717, 1.165) is 22.0 Å². The van der Waals surface area contributed by atoms with Crippen LogP contribution in [0.4, 0.5) is 5.95 Å². The Balaban J connectivity index is 1.36. The van der Waals surface area contributed by atoms with Crippen molar-refractivity contribution in [3.05, 3.63) is 77.6 Å². The summed E-state index contributed by atoms with van der Waals surface area (Å²) in [5.74, 6) is 0.229. The molecule has 1 aromatic carbocycles. The first-order valence-electron chi connectivity index (χ1n) is 10.5. The number of likely N-dealkylation sites (N-methyl/N-ethyl adjacent to an activating group) is 1. The fourth-order valence-electron chi connectivity index (χ4n) is 3.81. The zero-order valence-corrected chi connectivity index (χ0v) is 18.8. The highest BCUT2D eigenvalue weighted by Gasteiger charge is 2.45. The van der Waals surface area contributed by atoms with Gasteiger partial charge < -0.3 is 15.3 Å². The largest absolute Gasteiger partial charge is 0.375 e. The molecule has 2 N–H and O–H groups in total. The maximum atomic E-state index is 12.5. The van der Waals surface area contributed by atoms with Gasteiger partial charge in [0.15, 0.2) is 5.60 Å². The van der Waals surface area contributed by atoms with Gasteiger partial charge in [-0.3, -0.25) is 9.78 Å². The van der Waals surface area contributed by atoms with Crippen LogP contribution in [-0.4, -0.2) is 49.4 Å². The van der Waals surface area contributed by atoms with Crippen molar-refractivity contribution >= 4 is 23.2 Å². The van der Waals surface area contributed by atoms with Gasteiger partial charge in [0, 0.05) is 43.4 Å². The van der Waals surface area contributed by atoms with Crippen molar-refractivity contribution in [2.45, 2.75) is 18.6 Å². The van der Waals surface area contributed by atoms with Crippen molar-refractivity contribution in [3.63, 3.8) is 0 Å². The summed E-state index contributed by atoms with van der Waals surface area (Å²) < 4.78 is 0. The number of pyridine rings is 1. The van der Waals surface area contributed by atoms with Gasteiger partial charge in [0.25, 0.3) is 5.91 Å². The summed E-state index contributed by atoms with van der Waals surface area (Å²) in [6, 6.07) is 15.0. The number of aliphatic hydroxyl groups is 1. The summed E-state index contributed by atoms with van der Waals surface area (Å²) in [7, 11) is 1.71. The zero-order valence-electron chi connectivity index (χ0n) is 18.0. The molecule has 0 radical (unpaired) electrons. The third kappa shape index (κ3) is 4.20. The highest BCUT2D eigenvalue weighted by atomic mass is 32.1. The monoisotopic (exact) mass is 458 g/mol. The van der Waals surface area contributed by atoms with Crippen LogP contribution < -0.4 is 5.32 Å². The molecule has 0 saturated carbocycles. The molecule has 4 aromatic rings. The molecule has 5 rings (SSSR count). The number of nitrogens with one attached hydrogen (secondary N) is 1. The third-order valence-electron chi connectivity index (χ3n) is 5.67. The van der Waals surface area contributed by atoms with E-state index in [1.54, 1.807) is 30.4 Å². The van der Waals surface area contributed by atoms with Gasteiger partial charge in [-0.15, -0.1) is 11.3 Å². The van der Waals surface area contributed by atoms with Crippen LogP contribution in [0.3, 0.4) is 0 Å². The number of nitrogens with zero attached hydrogens (tertiary/aromatic N) is 5. The number of rotatable bonds is 6. The Morgan fingerprint density at radius 1 is 1.09 bits per heavy atom. The Hall–Kier alpha value is -3.69. The predicted molar refractivity (Wildman–Crippen MR) is 126 cm³/mol. The van der Waals surface area contributed by atoms with Crippen molar-refractivity contribution in [3.8, 4) is 22.0 Å². The van der Waals surface area contributed by atoms with Crippen LogP contribution in [0.2, 0.25) is 0 Å². The summed E-state index contributed by atoms with van der Waals surface area (Å²) in [6.07, 6.45) is 3.82. The van der Waals surface area contributed by atoms with E-state index in [0.29, 0.717) is 36.7 Å². The van der Waals surface area contributed by atoms with Crippen molar-refractivity contribution in [2.24, 2.45) is 0 Å². The Bertz CT molecular complexity index is 1290. The van der Waals surface area contributed by atoms with Crippen molar-refractivity contribution in [2.75, 3.05) is 18.9 Å². The minimum Gasteiger partial charge on any atom is -0.375 e. The van der Waals surface area contributed by atoms with Gasteiger partial charge in [-0.1, -0.05) is 24.3 Å². The summed E-state index contributed by atoms with van der Waals surface area (Å²) in [4.78, 5) is 31.9. The number of likely N-dealkylation sites (tertiary alicyclic amines) is 1. The second kappa shape index (κ2) is 8.68. The molecular weight excluding hydrogens is 436 g/mol. The van der Waals surface area contributed by atoms with Crippen LogP contribution in [0.15, 0.2) is 66.3 Å². The van der Waals surface area contributed by atoms with Crippen molar-refractivity contribution < 1.29 is 9.90 Å². The Labute approximate surface area is 195 Å². The molecule has 9 heteroatoms. The van der Waals surface area contributed by atoms with E-state index >= 15 is 0 Å². The number of hydrogen-bond donors (Lipinski definition) is 2. The molecule has 33 heavy (non-hydrogen) atoms. The summed E-state index contributed by atoms with van der Waals surface area (Å²) in [5, 5.41) is 16.9. The normalized spacial score (nSPS) is 18.0. The highest BCUT2D eigenvalue weighted by molar-refractivity contribution is 7.13. The number of hydrogen-bond acceptors (Lipinski definition) is 8. The number of thiazole rings is 1.